The average Bonchev–Trinajstić information content (AvgIpc) is 2.35. The van der Waals surface area contributed by atoms with Gasteiger partial charge >= 0.3 is 0 Å². The van der Waals surface area contributed by atoms with Crippen LogP contribution >= 0.6 is 0 Å². The summed E-state index contributed by atoms with van der Waals surface area (Å²) < 4.78 is 5.85. The molecule has 0 amide bonds. The molecule has 19 heavy (non-hydrogen) atoms. The van der Waals surface area contributed by atoms with E-state index in [-0.39, 0.29) is 17.1 Å². The van der Waals surface area contributed by atoms with Gasteiger partial charge in [0.05, 0.1) is 11.6 Å². The van der Waals surface area contributed by atoms with Crippen LogP contribution in [-0.4, -0.2) is 18.8 Å². The third-order valence-corrected chi connectivity index (χ3v) is 4.13. The molecule has 0 radical (unpaired) electrons. The van der Waals surface area contributed by atoms with Crippen molar-refractivity contribution in [3.05, 3.63) is 0 Å². The number of rotatable bonds is 4. The molecule has 0 bridgehead atoms. The maximum atomic E-state index is 5.85. The first-order valence-electron chi connectivity index (χ1n) is 7.34. The van der Waals surface area contributed by atoms with Gasteiger partial charge in [0.2, 0.25) is 0 Å². The first-order valence-corrected chi connectivity index (χ1v) is 7.34. The quantitative estimate of drug-likeness (QED) is 0.467. The van der Waals surface area contributed by atoms with Gasteiger partial charge in [0, 0.05) is 18.9 Å². The van der Waals surface area contributed by atoms with Crippen LogP contribution in [0.3, 0.4) is 0 Å². The van der Waals surface area contributed by atoms with Crippen LogP contribution in [0.5, 0.6) is 0 Å². The van der Waals surface area contributed by atoms with E-state index in [2.05, 4.69) is 45.0 Å². The molecule has 0 aromatic heterocycles. The molecule has 3 heteroatoms. The number of nitrogens with one attached hydrogen (secondary N) is 1. The van der Waals surface area contributed by atoms with Crippen molar-refractivity contribution in [1.82, 2.24) is 5.43 Å². The normalized spacial score (nSPS) is 29.5. The zero-order valence-electron chi connectivity index (χ0n) is 13.2. The standard InChI is InChI=1S/C16H30N2O/c1-13-8-11-16(19-5,12-9-13)14(18-17)7-6-10-15(2,3)4/h13-14,18H,7-9,11-12,17H2,1-5H3. The Bertz CT molecular complexity index is 327. The van der Waals surface area contributed by atoms with Crippen molar-refractivity contribution in [2.75, 3.05) is 7.11 Å². The summed E-state index contributed by atoms with van der Waals surface area (Å²) in [6.45, 7) is 8.68. The van der Waals surface area contributed by atoms with Crippen molar-refractivity contribution in [1.29, 1.82) is 0 Å². The van der Waals surface area contributed by atoms with Crippen molar-refractivity contribution in [2.24, 2.45) is 17.2 Å². The number of hydrogen-bond donors (Lipinski definition) is 2. The van der Waals surface area contributed by atoms with Crippen molar-refractivity contribution in [2.45, 2.75) is 71.4 Å². The molecule has 0 aliphatic heterocycles. The second-order valence-corrected chi connectivity index (χ2v) is 6.93. The third-order valence-electron chi connectivity index (χ3n) is 4.13. The van der Waals surface area contributed by atoms with Gasteiger partial charge in [-0.3, -0.25) is 11.3 Å². The van der Waals surface area contributed by atoms with Crippen LogP contribution in [0.2, 0.25) is 0 Å². The van der Waals surface area contributed by atoms with Crippen LogP contribution in [0.1, 0.15) is 59.8 Å². The van der Waals surface area contributed by atoms with E-state index in [1.165, 1.54) is 12.8 Å². The molecular weight excluding hydrogens is 236 g/mol. The molecule has 0 aromatic carbocycles. The smallest absolute Gasteiger partial charge is 0.0853 e. The molecule has 1 saturated carbocycles. The SMILES string of the molecule is COC1(C(CC#CC(C)(C)C)NN)CCC(C)CC1. The van der Waals surface area contributed by atoms with E-state index in [1.807, 2.05) is 0 Å². The fourth-order valence-electron chi connectivity index (χ4n) is 2.76. The van der Waals surface area contributed by atoms with Crippen LogP contribution in [-0.2, 0) is 4.74 Å². The van der Waals surface area contributed by atoms with E-state index < -0.39 is 0 Å². The molecule has 3 nitrogen and oxygen atoms in total. The van der Waals surface area contributed by atoms with Gasteiger partial charge in [-0.2, -0.15) is 0 Å². The van der Waals surface area contributed by atoms with Gasteiger partial charge in [-0.05, 0) is 52.4 Å². The lowest BCUT2D eigenvalue weighted by Gasteiger charge is -2.43. The van der Waals surface area contributed by atoms with Crippen LogP contribution in [0, 0.1) is 23.2 Å². The number of hydrogen-bond acceptors (Lipinski definition) is 3. The minimum absolute atomic E-state index is 0.0421. The fourth-order valence-corrected chi connectivity index (χ4v) is 2.76. The maximum Gasteiger partial charge on any atom is 0.0853 e. The molecule has 1 rings (SSSR count). The monoisotopic (exact) mass is 266 g/mol. The highest BCUT2D eigenvalue weighted by Gasteiger charge is 2.40. The molecule has 1 unspecified atom stereocenters. The second-order valence-electron chi connectivity index (χ2n) is 6.93. The Labute approximate surface area is 118 Å². The minimum Gasteiger partial charge on any atom is -0.377 e. The topological polar surface area (TPSA) is 47.3 Å². The highest BCUT2D eigenvalue weighted by molar-refractivity contribution is 5.11. The van der Waals surface area contributed by atoms with E-state index in [9.17, 15) is 0 Å². The van der Waals surface area contributed by atoms with Gasteiger partial charge in [-0.15, -0.1) is 5.92 Å². The van der Waals surface area contributed by atoms with Crippen LogP contribution in [0.15, 0.2) is 0 Å². The first-order chi connectivity index (χ1) is 8.83. The van der Waals surface area contributed by atoms with Gasteiger partial charge in [0.15, 0.2) is 0 Å². The zero-order valence-corrected chi connectivity index (χ0v) is 13.2. The number of methoxy groups -OCH3 is 1. The fraction of sp³-hybridized carbons (Fsp3) is 0.875. The Balaban J connectivity index is 2.72. The van der Waals surface area contributed by atoms with Gasteiger partial charge in [0.25, 0.3) is 0 Å². The van der Waals surface area contributed by atoms with Crippen LogP contribution in [0.4, 0.5) is 0 Å². The molecule has 0 heterocycles. The number of ether oxygens (including phenoxy) is 1. The van der Waals surface area contributed by atoms with Gasteiger partial charge in [-0.25, -0.2) is 0 Å². The lowest BCUT2D eigenvalue weighted by atomic mass is 9.74. The third kappa shape index (κ3) is 4.80. The van der Waals surface area contributed by atoms with Crippen molar-refractivity contribution in [3.8, 4) is 11.8 Å². The lowest BCUT2D eigenvalue weighted by molar-refractivity contribution is -0.0736. The number of nitrogens with two attached hydrogens (primary N) is 1. The predicted molar refractivity (Wildman–Crippen MR) is 80.3 cm³/mol. The summed E-state index contributed by atoms with van der Waals surface area (Å²) in [6.07, 6.45) is 5.29. The summed E-state index contributed by atoms with van der Waals surface area (Å²) in [4.78, 5) is 0. The molecule has 0 spiro atoms. The Morgan fingerprint density at radius 1 is 1.37 bits per heavy atom. The Morgan fingerprint density at radius 3 is 2.37 bits per heavy atom. The largest absolute Gasteiger partial charge is 0.377 e. The summed E-state index contributed by atoms with van der Waals surface area (Å²) in [6, 6.07) is 0.111. The molecule has 1 aliphatic rings. The Hall–Kier alpha value is -0.560. The summed E-state index contributed by atoms with van der Waals surface area (Å²) in [7, 11) is 1.80. The molecule has 3 N–H and O–H groups in total. The molecule has 1 atom stereocenters. The Morgan fingerprint density at radius 2 is 1.95 bits per heavy atom. The molecule has 0 saturated heterocycles. The van der Waals surface area contributed by atoms with E-state index in [0.717, 1.165) is 25.2 Å². The molecule has 1 aliphatic carbocycles. The summed E-state index contributed by atoms with van der Waals surface area (Å²) in [5.41, 5.74) is 2.83. The van der Waals surface area contributed by atoms with Crippen LogP contribution < -0.4 is 11.3 Å². The second kappa shape index (κ2) is 6.74. The molecule has 110 valence electrons. The zero-order chi connectivity index (χ0) is 14.5. The predicted octanol–water partition coefficient (Wildman–Crippen LogP) is 2.85. The van der Waals surface area contributed by atoms with E-state index in [0.29, 0.717) is 0 Å². The van der Waals surface area contributed by atoms with Gasteiger partial charge in [0.1, 0.15) is 0 Å². The highest BCUT2D eigenvalue weighted by atomic mass is 16.5. The summed E-state index contributed by atoms with van der Waals surface area (Å²) in [5.74, 6) is 13.1. The summed E-state index contributed by atoms with van der Waals surface area (Å²) in [5, 5.41) is 0. The van der Waals surface area contributed by atoms with Crippen LogP contribution in [0.25, 0.3) is 0 Å². The Kier molecular flexibility index (Phi) is 5.85. The minimum atomic E-state index is -0.145. The van der Waals surface area contributed by atoms with Gasteiger partial charge in [-0.1, -0.05) is 12.8 Å². The summed E-state index contributed by atoms with van der Waals surface area (Å²) >= 11 is 0. The van der Waals surface area contributed by atoms with Crippen molar-refractivity contribution < 1.29 is 4.74 Å². The lowest BCUT2D eigenvalue weighted by Crippen LogP contribution is -2.55. The van der Waals surface area contributed by atoms with E-state index >= 15 is 0 Å². The average molecular weight is 266 g/mol. The van der Waals surface area contributed by atoms with Crippen molar-refractivity contribution >= 4 is 0 Å². The highest BCUT2D eigenvalue weighted by Crippen LogP contribution is 2.37. The first kappa shape index (κ1) is 16.5. The molecule has 0 aromatic rings. The molecule has 1 fully saturated rings. The van der Waals surface area contributed by atoms with E-state index in [4.69, 9.17) is 10.6 Å². The van der Waals surface area contributed by atoms with E-state index in [1.54, 1.807) is 7.11 Å². The van der Waals surface area contributed by atoms with Crippen molar-refractivity contribution in [3.63, 3.8) is 0 Å². The maximum absolute atomic E-state index is 5.85. The molecular formula is C16H30N2O. The number of hydrazine groups is 1. The van der Waals surface area contributed by atoms with Gasteiger partial charge < -0.3 is 4.74 Å².